The Morgan fingerprint density at radius 1 is 1.45 bits per heavy atom. The van der Waals surface area contributed by atoms with Gasteiger partial charge in [0, 0.05) is 11.6 Å². The summed E-state index contributed by atoms with van der Waals surface area (Å²) in [5.74, 6) is 0. The lowest BCUT2D eigenvalue weighted by molar-refractivity contribution is 0.372. The van der Waals surface area contributed by atoms with E-state index in [2.05, 4.69) is 26.1 Å². The number of hydrogen-bond donors (Lipinski definition) is 2. The Kier molecular flexibility index (Phi) is 4.69. The lowest BCUT2D eigenvalue weighted by atomic mass is 9.94. The fraction of sp³-hybridized carbons (Fsp3) is 1.00. The monoisotopic (exact) mass is 158 g/mol. The zero-order valence-corrected chi connectivity index (χ0v) is 8.28. The fourth-order valence-corrected chi connectivity index (χ4v) is 1.33. The molecule has 1 atom stereocenters. The predicted octanol–water partition coefficient (Wildman–Crippen LogP) is 1.50. The molecular weight excluding hydrogens is 136 g/mol. The Morgan fingerprint density at radius 2 is 2.00 bits per heavy atom. The van der Waals surface area contributed by atoms with Crippen LogP contribution in [0.4, 0.5) is 0 Å². The highest BCUT2D eigenvalue weighted by Crippen LogP contribution is 2.11. The molecule has 1 unspecified atom stereocenters. The lowest BCUT2D eigenvalue weighted by Gasteiger charge is -2.25. The first-order valence-corrected chi connectivity index (χ1v) is 4.45. The van der Waals surface area contributed by atoms with Crippen LogP contribution in [0.1, 0.15) is 40.0 Å². The van der Waals surface area contributed by atoms with Crippen molar-refractivity contribution < 1.29 is 0 Å². The van der Waals surface area contributed by atoms with E-state index in [1.54, 1.807) is 0 Å². The SMILES string of the molecule is CCCC(CC(C)(C)N)NC. The maximum absolute atomic E-state index is 5.90. The van der Waals surface area contributed by atoms with Gasteiger partial charge in [-0.3, -0.25) is 0 Å². The second-order valence-electron chi connectivity index (χ2n) is 3.97. The van der Waals surface area contributed by atoms with Gasteiger partial charge in [0.15, 0.2) is 0 Å². The van der Waals surface area contributed by atoms with Crippen LogP contribution in [0.3, 0.4) is 0 Å². The third kappa shape index (κ3) is 6.32. The van der Waals surface area contributed by atoms with Crippen molar-refractivity contribution >= 4 is 0 Å². The highest BCUT2D eigenvalue weighted by Gasteiger charge is 2.16. The maximum Gasteiger partial charge on any atom is 0.0112 e. The summed E-state index contributed by atoms with van der Waals surface area (Å²) < 4.78 is 0. The smallest absolute Gasteiger partial charge is 0.0112 e. The van der Waals surface area contributed by atoms with E-state index in [4.69, 9.17) is 5.73 Å². The van der Waals surface area contributed by atoms with Crippen LogP contribution in [0.5, 0.6) is 0 Å². The van der Waals surface area contributed by atoms with Gasteiger partial charge in [-0.05, 0) is 33.7 Å². The summed E-state index contributed by atoms with van der Waals surface area (Å²) in [6, 6.07) is 0.583. The van der Waals surface area contributed by atoms with Crippen LogP contribution in [0, 0.1) is 0 Å². The van der Waals surface area contributed by atoms with Gasteiger partial charge < -0.3 is 11.1 Å². The highest BCUT2D eigenvalue weighted by atomic mass is 14.9. The summed E-state index contributed by atoms with van der Waals surface area (Å²) in [5.41, 5.74) is 5.86. The van der Waals surface area contributed by atoms with Gasteiger partial charge in [-0.2, -0.15) is 0 Å². The molecule has 0 aliphatic carbocycles. The van der Waals surface area contributed by atoms with E-state index in [0.29, 0.717) is 6.04 Å². The predicted molar refractivity (Wildman–Crippen MR) is 50.6 cm³/mol. The van der Waals surface area contributed by atoms with E-state index in [1.165, 1.54) is 12.8 Å². The van der Waals surface area contributed by atoms with Gasteiger partial charge in [-0.25, -0.2) is 0 Å². The van der Waals surface area contributed by atoms with E-state index in [-0.39, 0.29) is 5.54 Å². The summed E-state index contributed by atoms with van der Waals surface area (Å²) in [6.07, 6.45) is 3.50. The van der Waals surface area contributed by atoms with Crippen molar-refractivity contribution in [3.05, 3.63) is 0 Å². The Balaban J connectivity index is 3.68. The Labute approximate surface area is 70.5 Å². The fourth-order valence-electron chi connectivity index (χ4n) is 1.33. The molecule has 68 valence electrons. The molecule has 3 N–H and O–H groups in total. The molecule has 0 fully saturated rings. The van der Waals surface area contributed by atoms with E-state index in [0.717, 1.165) is 6.42 Å². The molecule has 0 rings (SSSR count). The number of rotatable bonds is 5. The van der Waals surface area contributed by atoms with E-state index >= 15 is 0 Å². The molecule has 11 heavy (non-hydrogen) atoms. The normalized spacial score (nSPS) is 15.0. The molecule has 2 heteroatoms. The maximum atomic E-state index is 5.90. The lowest BCUT2D eigenvalue weighted by Crippen LogP contribution is -2.40. The van der Waals surface area contributed by atoms with E-state index in [1.807, 2.05) is 7.05 Å². The van der Waals surface area contributed by atoms with Gasteiger partial charge >= 0.3 is 0 Å². The minimum absolute atomic E-state index is 0.0388. The number of hydrogen-bond acceptors (Lipinski definition) is 2. The molecule has 0 amide bonds. The average molecular weight is 158 g/mol. The summed E-state index contributed by atoms with van der Waals surface area (Å²) in [4.78, 5) is 0. The summed E-state index contributed by atoms with van der Waals surface area (Å²) in [6.45, 7) is 6.36. The minimum atomic E-state index is -0.0388. The number of nitrogens with two attached hydrogens (primary N) is 1. The second kappa shape index (κ2) is 4.73. The summed E-state index contributed by atoms with van der Waals surface area (Å²) >= 11 is 0. The molecule has 0 aromatic heterocycles. The molecule has 0 aromatic rings. The first-order chi connectivity index (χ1) is 4.99. The molecule has 0 bridgehead atoms. The molecule has 0 heterocycles. The highest BCUT2D eigenvalue weighted by molar-refractivity contribution is 4.79. The van der Waals surface area contributed by atoms with E-state index < -0.39 is 0 Å². The van der Waals surface area contributed by atoms with Gasteiger partial charge in [-0.15, -0.1) is 0 Å². The Hall–Kier alpha value is -0.0800. The first-order valence-electron chi connectivity index (χ1n) is 4.45. The third-order valence-corrected chi connectivity index (χ3v) is 1.82. The molecule has 0 spiro atoms. The molecule has 0 saturated carbocycles. The molecule has 0 saturated heterocycles. The van der Waals surface area contributed by atoms with Gasteiger partial charge in [0.25, 0.3) is 0 Å². The Morgan fingerprint density at radius 3 is 2.27 bits per heavy atom. The zero-order valence-electron chi connectivity index (χ0n) is 8.28. The minimum Gasteiger partial charge on any atom is -0.326 e. The molecular formula is C9H22N2. The van der Waals surface area contributed by atoms with Gasteiger partial charge in [0.2, 0.25) is 0 Å². The van der Waals surface area contributed by atoms with Gasteiger partial charge in [0.05, 0.1) is 0 Å². The van der Waals surface area contributed by atoms with Crippen molar-refractivity contribution in [3.8, 4) is 0 Å². The molecule has 0 radical (unpaired) electrons. The molecule has 0 aliphatic heterocycles. The van der Waals surface area contributed by atoms with Crippen LogP contribution in [0.25, 0.3) is 0 Å². The van der Waals surface area contributed by atoms with Crippen LogP contribution in [-0.4, -0.2) is 18.6 Å². The van der Waals surface area contributed by atoms with Crippen molar-refractivity contribution in [2.24, 2.45) is 5.73 Å². The van der Waals surface area contributed by atoms with Crippen LogP contribution in [0.15, 0.2) is 0 Å². The second-order valence-corrected chi connectivity index (χ2v) is 3.97. The van der Waals surface area contributed by atoms with Crippen LogP contribution in [0.2, 0.25) is 0 Å². The standard InChI is InChI=1S/C9H22N2/c1-5-6-8(11-4)7-9(2,3)10/h8,11H,5-7,10H2,1-4H3. The largest absolute Gasteiger partial charge is 0.326 e. The van der Waals surface area contributed by atoms with Crippen LogP contribution >= 0.6 is 0 Å². The van der Waals surface area contributed by atoms with Crippen molar-refractivity contribution in [1.29, 1.82) is 0 Å². The van der Waals surface area contributed by atoms with Crippen molar-refractivity contribution in [3.63, 3.8) is 0 Å². The molecule has 0 aromatic carbocycles. The van der Waals surface area contributed by atoms with E-state index in [9.17, 15) is 0 Å². The molecule has 0 aliphatic rings. The summed E-state index contributed by atoms with van der Waals surface area (Å²) in [5, 5.41) is 3.28. The average Bonchev–Trinajstić information content (AvgIpc) is 1.84. The first kappa shape index (κ1) is 10.9. The van der Waals surface area contributed by atoms with Crippen molar-refractivity contribution in [1.82, 2.24) is 5.32 Å². The zero-order chi connectivity index (χ0) is 8.91. The quantitative estimate of drug-likeness (QED) is 0.636. The summed E-state index contributed by atoms with van der Waals surface area (Å²) in [7, 11) is 2.01. The topological polar surface area (TPSA) is 38.0 Å². The Bertz CT molecular complexity index is 94.2. The number of nitrogens with one attached hydrogen (secondary N) is 1. The molecule has 2 nitrogen and oxygen atoms in total. The van der Waals surface area contributed by atoms with Gasteiger partial charge in [-0.1, -0.05) is 13.3 Å². The van der Waals surface area contributed by atoms with Crippen LogP contribution < -0.4 is 11.1 Å². The van der Waals surface area contributed by atoms with Crippen LogP contribution in [-0.2, 0) is 0 Å². The third-order valence-electron chi connectivity index (χ3n) is 1.82. The van der Waals surface area contributed by atoms with Gasteiger partial charge in [0.1, 0.15) is 0 Å². The van der Waals surface area contributed by atoms with Crippen molar-refractivity contribution in [2.75, 3.05) is 7.05 Å². The van der Waals surface area contributed by atoms with Crippen molar-refractivity contribution in [2.45, 2.75) is 51.6 Å².